The maximum absolute atomic E-state index is 12.6. The molecule has 1 aliphatic heterocycles. The Balaban J connectivity index is 1.70. The first kappa shape index (κ1) is 17.4. The number of anilines is 1. The van der Waals surface area contributed by atoms with Gasteiger partial charge < -0.3 is 9.80 Å². The van der Waals surface area contributed by atoms with E-state index in [1.807, 2.05) is 48.2 Å². The van der Waals surface area contributed by atoms with Gasteiger partial charge in [0.1, 0.15) is 6.54 Å². The molecule has 134 valence electrons. The number of amides is 1. The molecular formula is C18H26N6O. The third-order valence-electron chi connectivity index (χ3n) is 4.85. The van der Waals surface area contributed by atoms with Gasteiger partial charge >= 0.3 is 0 Å². The van der Waals surface area contributed by atoms with Gasteiger partial charge in [0.25, 0.3) is 0 Å². The van der Waals surface area contributed by atoms with Crippen molar-refractivity contribution in [3.8, 4) is 11.4 Å². The van der Waals surface area contributed by atoms with Crippen LogP contribution in [0.25, 0.3) is 11.4 Å². The van der Waals surface area contributed by atoms with Crippen LogP contribution in [0, 0.1) is 0 Å². The predicted molar refractivity (Wildman–Crippen MR) is 97.2 cm³/mol. The van der Waals surface area contributed by atoms with Crippen molar-refractivity contribution < 1.29 is 4.79 Å². The number of likely N-dealkylation sites (tertiary alicyclic amines) is 1. The van der Waals surface area contributed by atoms with E-state index in [4.69, 9.17) is 0 Å². The number of carbonyl (C=O) groups excluding carboxylic acids is 1. The maximum atomic E-state index is 12.6. The van der Waals surface area contributed by atoms with Gasteiger partial charge in [-0.25, -0.2) is 0 Å². The Morgan fingerprint density at radius 1 is 1.16 bits per heavy atom. The Labute approximate surface area is 148 Å². The van der Waals surface area contributed by atoms with Crippen LogP contribution in [0.4, 0.5) is 5.69 Å². The van der Waals surface area contributed by atoms with Gasteiger partial charge in [0.05, 0.1) is 0 Å². The third kappa shape index (κ3) is 3.81. The van der Waals surface area contributed by atoms with Crippen LogP contribution in [-0.2, 0) is 11.3 Å². The molecule has 0 N–H and O–H groups in total. The van der Waals surface area contributed by atoms with Crippen LogP contribution < -0.4 is 4.90 Å². The molecule has 1 fully saturated rings. The molecule has 25 heavy (non-hydrogen) atoms. The number of tetrazole rings is 1. The molecule has 0 saturated carbocycles. The van der Waals surface area contributed by atoms with Crippen molar-refractivity contribution in [3.63, 3.8) is 0 Å². The Kier molecular flexibility index (Phi) is 5.01. The summed E-state index contributed by atoms with van der Waals surface area (Å²) in [6.45, 7) is 4.36. The van der Waals surface area contributed by atoms with E-state index >= 15 is 0 Å². The highest BCUT2D eigenvalue weighted by Crippen LogP contribution is 2.23. The average molecular weight is 342 g/mol. The molecule has 2 unspecified atom stereocenters. The zero-order chi connectivity index (χ0) is 18.0. The van der Waals surface area contributed by atoms with Crippen molar-refractivity contribution in [1.29, 1.82) is 0 Å². The molecule has 1 aromatic heterocycles. The zero-order valence-corrected chi connectivity index (χ0v) is 15.4. The average Bonchev–Trinajstić information content (AvgIpc) is 3.03. The van der Waals surface area contributed by atoms with Crippen molar-refractivity contribution in [2.24, 2.45) is 0 Å². The van der Waals surface area contributed by atoms with Gasteiger partial charge in [-0.15, -0.1) is 10.2 Å². The summed E-state index contributed by atoms with van der Waals surface area (Å²) in [5.74, 6) is 0.601. The first-order chi connectivity index (χ1) is 12.0. The largest absolute Gasteiger partial charge is 0.378 e. The molecule has 1 amide bonds. The van der Waals surface area contributed by atoms with Crippen LogP contribution in [0.1, 0.15) is 33.1 Å². The van der Waals surface area contributed by atoms with Crippen LogP contribution >= 0.6 is 0 Å². The van der Waals surface area contributed by atoms with Gasteiger partial charge in [0.15, 0.2) is 0 Å². The van der Waals surface area contributed by atoms with Gasteiger partial charge in [-0.1, -0.05) is 0 Å². The van der Waals surface area contributed by atoms with E-state index < -0.39 is 0 Å². The standard InChI is InChI=1S/C18H26N6O/c1-13-6-5-7-14(2)24(13)17(25)12-23-20-18(19-21-23)15-8-10-16(11-9-15)22(3)4/h8-11,13-14H,5-7,12H2,1-4H3. The Bertz CT molecular complexity index is 713. The molecule has 2 aromatic rings. The van der Waals surface area contributed by atoms with Crippen molar-refractivity contribution in [2.45, 2.75) is 51.7 Å². The first-order valence-corrected chi connectivity index (χ1v) is 8.82. The lowest BCUT2D eigenvalue weighted by atomic mass is 9.97. The molecular weight excluding hydrogens is 316 g/mol. The third-order valence-corrected chi connectivity index (χ3v) is 4.85. The Morgan fingerprint density at radius 3 is 2.40 bits per heavy atom. The number of aromatic nitrogens is 4. The Hall–Kier alpha value is -2.44. The fourth-order valence-corrected chi connectivity index (χ4v) is 3.45. The van der Waals surface area contributed by atoms with E-state index in [0.29, 0.717) is 5.82 Å². The lowest BCUT2D eigenvalue weighted by Crippen LogP contribution is -2.48. The second-order valence-corrected chi connectivity index (χ2v) is 7.01. The van der Waals surface area contributed by atoms with E-state index in [-0.39, 0.29) is 24.5 Å². The van der Waals surface area contributed by atoms with E-state index in [1.165, 1.54) is 11.2 Å². The van der Waals surface area contributed by atoms with E-state index in [0.717, 1.165) is 24.1 Å². The molecule has 2 heterocycles. The van der Waals surface area contributed by atoms with E-state index in [1.54, 1.807) is 0 Å². The molecule has 0 spiro atoms. The molecule has 0 aliphatic carbocycles. The number of nitrogens with zero attached hydrogens (tertiary/aromatic N) is 6. The van der Waals surface area contributed by atoms with Gasteiger partial charge in [-0.3, -0.25) is 4.79 Å². The summed E-state index contributed by atoms with van der Waals surface area (Å²) in [5, 5.41) is 12.5. The highest BCUT2D eigenvalue weighted by Gasteiger charge is 2.29. The fourth-order valence-electron chi connectivity index (χ4n) is 3.45. The van der Waals surface area contributed by atoms with Crippen LogP contribution in [0.3, 0.4) is 0 Å². The molecule has 3 rings (SSSR count). The fraction of sp³-hybridized carbons (Fsp3) is 0.556. The monoisotopic (exact) mass is 342 g/mol. The minimum atomic E-state index is 0.0617. The summed E-state index contributed by atoms with van der Waals surface area (Å²) in [6, 6.07) is 8.51. The van der Waals surface area contributed by atoms with Gasteiger partial charge in [0, 0.05) is 37.4 Å². The van der Waals surface area contributed by atoms with Crippen LogP contribution in [-0.4, -0.2) is 57.2 Å². The van der Waals surface area contributed by atoms with Crippen LogP contribution in [0.2, 0.25) is 0 Å². The molecule has 1 aliphatic rings. The number of hydrogen-bond acceptors (Lipinski definition) is 5. The van der Waals surface area contributed by atoms with Gasteiger partial charge in [-0.2, -0.15) is 4.80 Å². The topological polar surface area (TPSA) is 67.2 Å². The SMILES string of the molecule is CC1CCCC(C)N1C(=O)Cn1nnc(-c2ccc(N(C)C)cc2)n1. The number of piperidine rings is 1. The molecule has 1 aromatic carbocycles. The summed E-state index contributed by atoms with van der Waals surface area (Å²) in [7, 11) is 4.00. The molecule has 1 saturated heterocycles. The van der Waals surface area contributed by atoms with Crippen molar-refractivity contribution in [2.75, 3.05) is 19.0 Å². The summed E-state index contributed by atoms with van der Waals surface area (Å²) < 4.78 is 0. The van der Waals surface area contributed by atoms with E-state index in [2.05, 4.69) is 29.3 Å². The van der Waals surface area contributed by atoms with Crippen molar-refractivity contribution >= 4 is 11.6 Å². The summed E-state index contributed by atoms with van der Waals surface area (Å²) in [4.78, 5) is 18.0. The highest BCUT2D eigenvalue weighted by molar-refractivity contribution is 5.76. The number of rotatable bonds is 4. The number of carbonyl (C=O) groups is 1. The van der Waals surface area contributed by atoms with E-state index in [9.17, 15) is 4.79 Å². The van der Waals surface area contributed by atoms with Crippen LogP contribution in [0.5, 0.6) is 0 Å². The van der Waals surface area contributed by atoms with Crippen molar-refractivity contribution in [3.05, 3.63) is 24.3 Å². The quantitative estimate of drug-likeness (QED) is 0.852. The predicted octanol–water partition coefficient (Wildman–Crippen LogP) is 2.20. The zero-order valence-electron chi connectivity index (χ0n) is 15.4. The normalized spacial score (nSPS) is 20.6. The molecule has 7 nitrogen and oxygen atoms in total. The van der Waals surface area contributed by atoms with Gasteiger partial charge in [-0.05, 0) is 62.6 Å². The Morgan fingerprint density at radius 2 is 1.80 bits per heavy atom. The lowest BCUT2D eigenvalue weighted by Gasteiger charge is -2.38. The molecule has 2 atom stereocenters. The molecule has 0 radical (unpaired) electrons. The lowest BCUT2D eigenvalue weighted by molar-refractivity contribution is -0.138. The maximum Gasteiger partial charge on any atom is 0.246 e. The first-order valence-electron chi connectivity index (χ1n) is 8.82. The van der Waals surface area contributed by atoms with Crippen molar-refractivity contribution in [1.82, 2.24) is 25.1 Å². The second-order valence-electron chi connectivity index (χ2n) is 7.01. The van der Waals surface area contributed by atoms with Gasteiger partial charge in [0.2, 0.25) is 11.7 Å². The second kappa shape index (κ2) is 7.21. The minimum Gasteiger partial charge on any atom is -0.378 e. The number of benzene rings is 1. The highest BCUT2D eigenvalue weighted by atomic mass is 16.2. The summed E-state index contributed by atoms with van der Waals surface area (Å²) in [5.41, 5.74) is 2.00. The summed E-state index contributed by atoms with van der Waals surface area (Å²) in [6.07, 6.45) is 3.30. The smallest absolute Gasteiger partial charge is 0.246 e. The van der Waals surface area contributed by atoms with Crippen LogP contribution in [0.15, 0.2) is 24.3 Å². The molecule has 0 bridgehead atoms. The minimum absolute atomic E-state index is 0.0617. The summed E-state index contributed by atoms with van der Waals surface area (Å²) >= 11 is 0. The number of hydrogen-bond donors (Lipinski definition) is 0. The molecule has 7 heteroatoms.